The topological polar surface area (TPSA) is 102 Å². The predicted octanol–water partition coefficient (Wildman–Crippen LogP) is 3.63. The molecule has 0 spiro atoms. The Kier molecular flexibility index (Phi) is 4.46. The van der Waals surface area contributed by atoms with E-state index in [-0.39, 0.29) is 10.5 Å². The molecular weight excluding hydrogens is 376 g/mol. The van der Waals surface area contributed by atoms with E-state index >= 15 is 0 Å². The van der Waals surface area contributed by atoms with Crippen molar-refractivity contribution in [2.45, 2.75) is 4.90 Å². The van der Waals surface area contributed by atoms with Crippen LogP contribution in [0.1, 0.15) is 0 Å². The Morgan fingerprint density at radius 1 is 0.821 bits per heavy atom. The monoisotopic (exact) mass is 392 g/mol. The molecule has 0 atom stereocenters. The van der Waals surface area contributed by atoms with Crippen molar-refractivity contribution in [1.82, 2.24) is 4.98 Å². The lowest BCUT2D eigenvalue weighted by Crippen LogP contribution is -2.11. The van der Waals surface area contributed by atoms with Gasteiger partial charge in [0.15, 0.2) is 0 Å². The van der Waals surface area contributed by atoms with Crippen molar-refractivity contribution in [2.24, 2.45) is 5.14 Å². The fourth-order valence-electron chi connectivity index (χ4n) is 2.96. The van der Waals surface area contributed by atoms with Crippen molar-refractivity contribution in [3.63, 3.8) is 0 Å². The van der Waals surface area contributed by atoms with Crippen LogP contribution in [-0.2, 0) is 10.0 Å². The summed E-state index contributed by atoms with van der Waals surface area (Å²) in [5, 5.41) is 5.93. The van der Waals surface area contributed by atoms with Crippen LogP contribution in [0.15, 0.2) is 88.6 Å². The predicted molar refractivity (Wildman–Crippen MR) is 108 cm³/mol. The van der Waals surface area contributed by atoms with Crippen LogP contribution in [0.25, 0.3) is 22.0 Å². The average molecular weight is 392 g/mol. The minimum absolute atomic E-state index is 0.0543. The van der Waals surface area contributed by atoms with Gasteiger partial charge in [-0.05, 0) is 47.5 Å². The molecule has 0 saturated heterocycles. The van der Waals surface area contributed by atoms with E-state index in [4.69, 9.17) is 9.88 Å². The Bertz CT molecular complexity index is 1330. The van der Waals surface area contributed by atoms with Crippen molar-refractivity contribution < 1.29 is 13.2 Å². The number of aromatic nitrogens is 1. The largest absolute Gasteiger partial charge is 0.456 e. The number of fused-ring (bicyclic) bond motifs is 1. The number of primary sulfonamides is 1. The van der Waals surface area contributed by atoms with Crippen LogP contribution in [0.2, 0.25) is 0 Å². The van der Waals surface area contributed by atoms with E-state index in [0.29, 0.717) is 17.0 Å². The van der Waals surface area contributed by atoms with Crippen LogP contribution < -0.4 is 15.4 Å². The number of ether oxygens (including phenoxy) is 1. The van der Waals surface area contributed by atoms with Gasteiger partial charge in [0.25, 0.3) is 5.56 Å². The summed E-state index contributed by atoms with van der Waals surface area (Å²) in [4.78, 5) is 14.7. The number of benzene rings is 3. The smallest absolute Gasteiger partial charge is 0.252 e. The zero-order chi connectivity index (χ0) is 19.7. The van der Waals surface area contributed by atoms with Crippen LogP contribution in [0.3, 0.4) is 0 Å². The standard InChI is InChI=1S/C21H16N2O4S/c22-28(25,26)17-10-8-14(9-11-17)15-4-3-5-16(12-15)27-20-13-21(24)23-19-7-2-1-6-18(19)20/h1-13H,(H,23,24)(H2,22,25,26). The number of hydrogen-bond acceptors (Lipinski definition) is 4. The molecule has 7 heteroatoms. The van der Waals surface area contributed by atoms with Gasteiger partial charge in [0, 0.05) is 11.5 Å². The Balaban J connectivity index is 1.70. The minimum Gasteiger partial charge on any atom is -0.456 e. The highest BCUT2D eigenvalue weighted by Gasteiger charge is 2.09. The Labute approximate surface area is 161 Å². The van der Waals surface area contributed by atoms with E-state index in [0.717, 1.165) is 16.5 Å². The molecule has 3 aromatic carbocycles. The first-order valence-electron chi connectivity index (χ1n) is 8.43. The van der Waals surface area contributed by atoms with Crippen molar-refractivity contribution >= 4 is 20.9 Å². The second kappa shape index (κ2) is 6.95. The van der Waals surface area contributed by atoms with Gasteiger partial charge in [0.2, 0.25) is 10.0 Å². The molecule has 6 nitrogen and oxygen atoms in total. The summed E-state index contributed by atoms with van der Waals surface area (Å²) in [7, 11) is -3.73. The van der Waals surface area contributed by atoms with E-state index in [9.17, 15) is 13.2 Å². The first kappa shape index (κ1) is 18.0. The summed E-state index contributed by atoms with van der Waals surface area (Å²) in [6, 6.07) is 22.4. The fourth-order valence-corrected chi connectivity index (χ4v) is 3.48. The first-order chi connectivity index (χ1) is 13.4. The first-order valence-corrected chi connectivity index (χ1v) is 9.98. The zero-order valence-corrected chi connectivity index (χ0v) is 15.4. The van der Waals surface area contributed by atoms with E-state index in [1.807, 2.05) is 42.5 Å². The summed E-state index contributed by atoms with van der Waals surface area (Å²) < 4.78 is 28.8. The molecule has 4 aromatic rings. The van der Waals surface area contributed by atoms with E-state index < -0.39 is 10.0 Å². The van der Waals surface area contributed by atoms with E-state index in [1.54, 1.807) is 18.2 Å². The average Bonchev–Trinajstić information content (AvgIpc) is 2.67. The molecule has 0 aliphatic heterocycles. The second-order valence-corrected chi connectivity index (χ2v) is 7.80. The molecule has 4 rings (SSSR count). The number of nitrogens with one attached hydrogen (secondary N) is 1. The van der Waals surface area contributed by atoms with Gasteiger partial charge >= 0.3 is 0 Å². The number of pyridine rings is 1. The van der Waals surface area contributed by atoms with Gasteiger partial charge in [-0.25, -0.2) is 13.6 Å². The Morgan fingerprint density at radius 2 is 1.57 bits per heavy atom. The van der Waals surface area contributed by atoms with Crippen LogP contribution in [-0.4, -0.2) is 13.4 Å². The van der Waals surface area contributed by atoms with Crippen LogP contribution >= 0.6 is 0 Å². The molecule has 140 valence electrons. The zero-order valence-electron chi connectivity index (χ0n) is 14.6. The number of H-pyrrole nitrogens is 1. The fraction of sp³-hybridized carbons (Fsp3) is 0. The third kappa shape index (κ3) is 3.66. The van der Waals surface area contributed by atoms with Crippen molar-refractivity contribution in [1.29, 1.82) is 0 Å². The van der Waals surface area contributed by atoms with Gasteiger partial charge in [-0.15, -0.1) is 0 Å². The maximum Gasteiger partial charge on any atom is 0.252 e. The lowest BCUT2D eigenvalue weighted by Gasteiger charge is -2.10. The molecule has 3 N–H and O–H groups in total. The minimum atomic E-state index is -3.73. The molecule has 0 radical (unpaired) electrons. The quantitative estimate of drug-likeness (QED) is 0.553. The highest BCUT2D eigenvalue weighted by Crippen LogP contribution is 2.30. The third-order valence-electron chi connectivity index (χ3n) is 4.29. The van der Waals surface area contributed by atoms with Crippen LogP contribution in [0.5, 0.6) is 11.5 Å². The van der Waals surface area contributed by atoms with Gasteiger partial charge in [-0.2, -0.15) is 0 Å². The van der Waals surface area contributed by atoms with Crippen molar-refractivity contribution in [3.05, 3.63) is 89.2 Å². The van der Waals surface area contributed by atoms with Gasteiger partial charge in [-0.3, -0.25) is 4.79 Å². The third-order valence-corrected chi connectivity index (χ3v) is 5.22. The number of aromatic amines is 1. The maximum absolute atomic E-state index is 11.9. The van der Waals surface area contributed by atoms with Gasteiger partial charge < -0.3 is 9.72 Å². The highest BCUT2D eigenvalue weighted by molar-refractivity contribution is 7.89. The maximum atomic E-state index is 11.9. The number of para-hydroxylation sites is 1. The number of rotatable bonds is 4. The summed E-state index contributed by atoms with van der Waals surface area (Å²) in [6.45, 7) is 0. The molecule has 0 saturated carbocycles. The SMILES string of the molecule is NS(=O)(=O)c1ccc(-c2cccc(Oc3cc(=O)[nH]c4ccccc34)c2)cc1. The van der Waals surface area contributed by atoms with E-state index in [2.05, 4.69) is 4.98 Å². The number of hydrogen-bond donors (Lipinski definition) is 2. The molecule has 28 heavy (non-hydrogen) atoms. The second-order valence-electron chi connectivity index (χ2n) is 6.24. The van der Waals surface area contributed by atoms with E-state index in [1.165, 1.54) is 18.2 Å². The molecule has 0 aliphatic rings. The lowest BCUT2D eigenvalue weighted by atomic mass is 10.1. The molecule has 0 bridgehead atoms. The molecule has 1 heterocycles. The Morgan fingerprint density at radius 3 is 2.32 bits per heavy atom. The molecular formula is C21H16N2O4S. The molecule has 0 fully saturated rings. The normalized spacial score (nSPS) is 11.5. The van der Waals surface area contributed by atoms with Gasteiger partial charge in [0.1, 0.15) is 11.5 Å². The molecule has 0 amide bonds. The molecule has 0 unspecified atom stereocenters. The highest BCUT2D eigenvalue weighted by atomic mass is 32.2. The number of nitrogens with two attached hydrogens (primary N) is 1. The summed E-state index contributed by atoms with van der Waals surface area (Å²) in [5.41, 5.74) is 2.10. The summed E-state index contributed by atoms with van der Waals surface area (Å²) in [5.74, 6) is 1.02. The van der Waals surface area contributed by atoms with Crippen LogP contribution in [0.4, 0.5) is 0 Å². The Hall–Kier alpha value is -3.42. The summed E-state index contributed by atoms with van der Waals surface area (Å²) >= 11 is 0. The van der Waals surface area contributed by atoms with Crippen molar-refractivity contribution in [2.75, 3.05) is 0 Å². The molecule has 0 aliphatic carbocycles. The molecule has 1 aromatic heterocycles. The summed E-state index contributed by atoms with van der Waals surface area (Å²) in [6.07, 6.45) is 0. The van der Waals surface area contributed by atoms with Gasteiger partial charge in [0.05, 0.1) is 10.4 Å². The lowest BCUT2D eigenvalue weighted by molar-refractivity contribution is 0.487. The van der Waals surface area contributed by atoms with Crippen LogP contribution in [0, 0.1) is 0 Å². The number of sulfonamides is 1. The van der Waals surface area contributed by atoms with Crippen molar-refractivity contribution in [3.8, 4) is 22.6 Å². The van der Waals surface area contributed by atoms with Gasteiger partial charge in [-0.1, -0.05) is 36.4 Å².